The first-order chi connectivity index (χ1) is 12.4. The van der Waals surface area contributed by atoms with Crippen LogP contribution in [0.5, 0.6) is 0 Å². The molecule has 1 heterocycles. The van der Waals surface area contributed by atoms with Crippen LogP contribution in [-0.4, -0.2) is 31.1 Å². The zero-order valence-electron chi connectivity index (χ0n) is 15.1. The monoisotopic (exact) mass is 370 g/mol. The van der Waals surface area contributed by atoms with Crippen molar-refractivity contribution in [2.45, 2.75) is 35.7 Å². The topological polar surface area (TPSA) is 67.4 Å². The average molecular weight is 370 g/mol. The highest BCUT2D eigenvalue weighted by Crippen LogP contribution is 2.38. The Labute approximate surface area is 157 Å². The molecular weight excluding hydrogens is 348 g/mol. The molecule has 6 heteroatoms. The first-order valence-corrected chi connectivity index (χ1v) is 9.27. The van der Waals surface area contributed by atoms with E-state index >= 15 is 0 Å². The average Bonchev–Trinajstić information content (AvgIpc) is 2.76. The molecule has 0 saturated carbocycles. The number of hydrogen-bond acceptors (Lipinski definition) is 4. The van der Waals surface area contributed by atoms with Crippen LogP contribution in [0.15, 0.2) is 52.3 Å². The standard InChI is InChI=1S/C20H22N2O3S/c1-20(2,25-3)10-11-21-18(23)13-8-9-17-15(12-13)22-19(24)14-6-4-5-7-16(14)26-17/h4-9,12H,10-11H2,1-3H3,(H,21,23)(H,22,24). The number of fused-ring (bicyclic) bond motifs is 2. The summed E-state index contributed by atoms with van der Waals surface area (Å²) in [6, 6.07) is 12.9. The predicted octanol–water partition coefficient (Wildman–Crippen LogP) is 3.95. The summed E-state index contributed by atoms with van der Waals surface area (Å²) in [6.07, 6.45) is 0.710. The summed E-state index contributed by atoms with van der Waals surface area (Å²) >= 11 is 1.52. The van der Waals surface area contributed by atoms with Crippen molar-refractivity contribution in [3.05, 3.63) is 53.6 Å². The van der Waals surface area contributed by atoms with Crippen molar-refractivity contribution < 1.29 is 14.3 Å². The molecule has 0 aromatic heterocycles. The van der Waals surface area contributed by atoms with E-state index in [4.69, 9.17) is 4.74 Å². The lowest BCUT2D eigenvalue weighted by atomic mass is 10.1. The number of anilines is 1. The lowest BCUT2D eigenvalue weighted by Gasteiger charge is -2.22. The highest BCUT2D eigenvalue weighted by molar-refractivity contribution is 7.99. The van der Waals surface area contributed by atoms with Gasteiger partial charge in [0, 0.05) is 29.0 Å². The summed E-state index contributed by atoms with van der Waals surface area (Å²) in [4.78, 5) is 26.7. The summed E-state index contributed by atoms with van der Waals surface area (Å²) < 4.78 is 5.35. The first kappa shape index (κ1) is 18.5. The van der Waals surface area contributed by atoms with E-state index in [1.807, 2.05) is 38.1 Å². The Bertz CT molecular complexity index is 849. The number of hydrogen-bond donors (Lipinski definition) is 2. The minimum Gasteiger partial charge on any atom is -0.379 e. The van der Waals surface area contributed by atoms with Crippen LogP contribution in [0.25, 0.3) is 0 Å². The van der Waals surface area contributed by atoms with Crippen LogP contribution in [0.1, 0.15) is 41.0 Å². The third kappa shape index (κ3) is 4.08. The Balaban J connectivity index is 1.74. The third-order valence-electron chi connectivity index (χ3n) is 4.41. The second kappa shape index (κ2) is 7.51. The number of amides is 2. The number of benzene rings is 2. The lowest BCUT2D eigenvalue weighted by molar-refractivity contribution is 0.0160. The molecule has 0 atom stereocenters. The number of ether oxygens (including phenoxy) is 1. The van der Waals surface area contributed by atoms with Gasteiger partial charge in [0.1, 0.15) is 0 Å². The van der Waals surface area contributed by atoms with Gasteiger partial charge in [-0.1, -0.05) is 23.9 Å². The van der Waals surface area contributed by atoms with E-state index < -0.39 is 0 Å². The zero-order chi connectivity index (χ0) is 18.7. The molecule has 26 heavy (non-hydrogen) atoms. The zero-order valence-corrected chi connectivity index (χ0v) is 15.9. The maximum Gasteiger partial charge on any atom is 0.256 e. The van der Waals surface area contributed by atoms with Crippen molar-refractivity contribution in [2.75, 3.05) is 19.0 Å². The summed E-state index contributed by atoms with van der Waals surface area (Å²) in [5.74, 6) is -0.327. The fourth-order valence-electron chi connectivity index (χ4n) is 2.59. The molecule has 0 radical (unpaired) electrons. The predicted molar refractivity (Wildman–Crippen MR) is 103 cm³/mol. The van der Waals surface area contributed by atoms with Crippen LogP contribution in [0.4, 0.5) is 5.69 Å². The molecule has 2 aromatic rings. The summed E-state index contributed by atoms with van der Waals surface area (Å²) in [5.41, 5.74) is 1.53. The molecule has 2 aromatic carbocycles. The molecule has 0 fully saturated rings. The van der Waals surface area contributed by atoms with Crippen molar-refractivity contribution >= 4 is 29.3 Å². The molecule has 2 amide bonds. The molecular formula is C20H22N2O3S. The Morgan fingerprint density at radius 1 is 1.19 bits per heavy atom. The second-order valence-electron chi connectivity index (χ2n) is 6.73. The van der Waals surface area contributed by atoms with E-state index in [2.05, 4.69) is 10.6 Å². The van der Waals surface area contributed by atoms with Gasteiger partial charge in [-0.15, -0.1) is 0 Å². The van der Waals surface area contributed by atoms with E-state index in [1.54, 1.807) is 25.3 Å². The van der Waals surface area contributed by atoms with Gasteiger partial charge >= 0.3 is 0 Å². The number of carbonyl (C=O) groups is 2. The van der Waals surface area contributed by atoms with Gasteiger partial charge in [0.25, 0.3) is 11.8 Å². The molecule has 0 saturated heterocycles. The van der Waals surface area contributed by atoms with Gasteiger partial charge in [-0.25, -0.2) is 0 Å². The molecule has 0 spiro atoms. The van der Waals surface area contributed by atoms with Gasteiger partial charge < -0.3 is 15.4 Å². The number of nitrogens with one attached hydrogen (secondary N) is 2. The molecule has 2 N–H and O–H groups in total. The minimum atomic E-state index is -0.280. The largest absolute Gasteiger partial charge is 0.379 e. The van der Waals surface area contributed by atoms with Gasteiger partial charge in [-0.2, -0.15) is 0 Å². The molecule has 0 aliphatic carbocycles. The molecule has 0 bridgehead atoms. The van der Waals surface area contributed by atoms with Crippen molar-refractivity contribution in [3.63, 3.8) is 0 Å². The number of carbonyl (C=O) groups excluding carboxylic acids is 2. The lowest BCUT2D eigenvalue weighted by Crippen LogP contribution is -2.32. The Morgan fingerprint density at radius 3 is 2.73 bits per heavy atom. The number of methoxy groups -OCH3 is 1. The Hall–Kier alpha value is -2.31. The van der Waals surface area contributed by atoms with E-state index in [0.717, 1.165) is 9.79 Å². The fourth-order valence-corrected chi connectivity index (χ4v) is 3.60. The molecule has 0 unspecified atom stereocenters. The van der Waals surface area contributed by atoms with E-state index in [9.17, 15) is 9.59 Å². The van der Waals surface area contributed by atoms with Crippen LogP contribution in [-0.2, 0) is 4.74 Å². The van der Waals surface area contributed by atoms with E-state index in [0.29, 0.717) is 29.8 Å². The summed E-state index contributed by atoms with van der Waals surface area (Å²) in [5, 5.41) is 5.81. The molecule has 136 valence electrons. The van der Waals surface area contributed by atoms with Gasteiger partial charge in [-0.3, -0.25) is 9.59 Å². The fraction of sp³-hybridized carbons (Fsp3) is 0.300. The maximum atomic E-state index is 12.4. The quantitative estimate of drug-likeness (QED) is 0.836. The molecule has 1 aliphatic rings. The van der Waals surface area contributed by atoms with Crippen LogP contribution in [0.3, 0.4) is 0 Å². The summed E-state index contributed by atoms with van der Waals surface area (Å²) in [6.45, 7) is 4.47. The normalized spacial score (nSPS) is 13.3. The van der Waals surface area contributed by atoms with Crippen LogP contribution in [0.2, 0.25) is 0 Å². The van der Waals surface area contributed by atoms with Crippen LogP contribution in [0, 0.1) is 0 Å². The molecule has 1 aliphatic heterocycles. The Kier molecular flexibility index (Phi) is 5.34. The second-order valence-corrected chi connectivity index (χ2v) is 7.82. The Morgan fingerprint density at radius 2 is 1.96 bits per heavy atom. The van der Waals surface area contributed by atoms with Gasteiger partial charge in [0.2, 0.25) is 0 Å². The molecule has 5 nitrogen and oxygen atoms in total. The van der Waals surface area contributed by atoms with Crippen molar-refractivity contribution in [2.24, 2.45) is 0 Å². The van der Waals surface area contributed by atoms with Gasteiger partial charge in [0.15, 0.2) is 0 Å². The number of rotatable bonds is 5. The first-order valence-electron chi connectivity index (χ1n) is 8.45. The summed E-state index contributed by atoms with van der Waals surface area (Å²) in [7, 11) is 1.66. The smallest absolute Gasteiger partial charge is 0.256 e. The molecule has 3 rings (SSSR count). The SMILES string of the molecule is COC(C)(C)CCNC(=O)c1ccc2c(c1)NC(=O)c1ccccc1S2. The maximum absolute atomic E-state index is 12.4. The van der Waals surface area contributed by atoms with E-state index in [-0.39, 0.29) is 17.4 Å². The van der Waals surface area contributed by atoms with Crippen molar-refractivity contribution in [1.82, 2.24) is 5.32 Å². The van der Waals surface area contributed by atoms with Gasteiger partial charge in [0.05, 0.1) is 16.9 Å². The minimum absolute atomic E-state index is 0.161. The van der Waals surface area contributed by atoms with Gasteiger partial charge in [-0.05, 0) is 50.6 Å². The van der Waals surface area contributed by atoms with Crippen molar-refractivity contribution in [1.29, 1.82) is 0 Å². The highest BCUT2D eigenvalue weighted by atomic mass is 32.2. The highest BCUT2D eigenvalue weighted by Gasteiger charge is 2.21. The third-order valence-corrected chi connectivity index (χ3v) is 5.56. The van der Waals surface area contributed by atoms with Crippen LogP contribution >= 0.6 is 11.8 Å². The van der Waals surface area contributed by atoms with Crippen molar-refractivity contribution in [3.8, 4) is 0 Å². The van der Waals surface area contributed by atoms with E-state index in [1.165, 1.54) is 11.8 Å². The van der Waals surface area contributed by atoms with Crippen LogP contribution < -0.4 is 10.6 Å².